The summed E-state index contributed by atoms with van der Waals surface area (Å²) in [5.74, 6) is -1.60. The van der Waals surface area contributed by atoms with Crippen LogP contribution in [0.4, 0.5) is 0 Å². The summed E-state index contributed by atoms with van der Waals surface area (Å²) >= 11 is 0. The number of hydrogen-bond acceptors (Lipinski definition) is 6. The van der Waals surface area contributed by atoms with Crippen molar-refractivity contribution in [3.8, 4) is 11.5 Å². The molecule has 2 N–H and O–H groups in total. The van der Waals surface area contributed by atoms with Crippen molar-refractivity contribution in [3.63, 3.8) is 0 Å². The van der Waals surface area contributed by atoms with E-state index in [9.17, 15) is 14.7 Å². The van der Waals surface area contributed by atoms with Gasteiger partial charge < -0.3 is 19.9 Å². The number of methoxy groups -OCH3 is 1. The van der Waals surface area contributed by atoms with E-state index >= 15 is 0 Å². The number of ether oxygens (including phenoxy) is 2. The monoisotopic (exact) mass is 432 g/mol. The van der Waals surface area contributed by atoms with E-state index in [-0.39, 0.29) is 29.2 Å². The molecule has 1 amide bonds. The van der Waals surface area contributed by atoms with Crippen molar-refractivity contribution in [1.29, 1.82) is 0 Å². The molecule has 1 aliphatic rings. The van der Waals surface area contributed by atoms with Crippen LogP contribution in [0.5, 0.6) is 11.5 Å². The number of carbonyl (C=O) groups excluding carboxylic acids is 2. The first-order valence-corrected chi connectivity index (χ1v) is 10.4. The number of nitrogens with one attached hydrogen (secondary N) is 1. The molecule has 0 aliphatic heterocycles. The molecule has 32 heavy (non-hydrogen) atoms. The third kappa shape index (κ3) is 4.14. The lowest BCUT2D eigenvalue weighted by Crippen LogP contribution is -2.41. The first-order valence-electron chi connectivity index (χ1n) is 10.4. The van der Waals surface area contributed by atoms with Crippen molar-refractivity contribution < 1.29 is 24.2 Å². The number of pyridine rings is 1. The average molecular weight is 432 g/mol. The topological polar surface area (TPSA) is 97.8 Å². The Balaban J connectivity index is 1.49. The summed E-state index contributed by atoms with van der Waals surface area (Å²) in [5.41, 5.74) is 3.12. The van der Waals surface area contributed by atoms with Gasteiger partial charge >= 0.3 is 5.97 Å². The summed E-state index contributed by atoms with van der Waals surface area (Å²) in [6.07, 6.45) is 1.56. The number of aromatic nitrogens is 1. The molecule has 0 fully saturated rings. The van der Waals surface area contributed by atoms with Crippen molar-refractivity contribution >= 4 is 11.9 Å². The molecule has 0 spiro atoms. The second kappa shape index (κ2) is 9.09. The molecule has 1 heterocycles. The smallest absolute Gasteiger partial charge is 0.328 e. The third-order valence-electron chi connectivity index (χ3n) is 5.63. The molecule has 0 saturated heterocycles. The van der Waals surface area contributed by atoms with Gasteiger partial charge in [0.25, 0.3) is 5.91 Å². The molecule has 4 rings (SSSR count). The molecule has 0 bridgehead atoms. The summed E-state index contributed by atoms with van der Waals surface area (Å²) in [4.78, 5) is 29.3. The molecule has 3 aromatic rings. The van der Waals surface area contributed by atoms with Crippen LogP contribution in [0.25, 0.3) is 0 Å². The van der Waals surface area contributed by atoms with Gasteiger partial charge in [-0.25, -0.2) is 9.78 Å². The Bertz CT molecular complexity index is 1130. The van der Waals surface area contributed by atoms with Gasteiger partial charge in [-0.1, -0.05) is 54.6 Å². The normalized spacial score (nSPS) is 17.8. The zero-order valence-electron chi connectivity index (χ0n) is 17.8. The quantitative estimate of drug-likeness (QED) is 0.581. The fraction of sp³-hybridized carbons (Fsp3) is 0.240. The van der Waals surface area contributed by atoms with Gasteiger partial charge in [0.2, 0.25) is 0 Å². The Morgan fingerprint density at radius 1 is 1.09 bits per heavy atom. The van der Waals surface area contributed by atoms with Gasteiger partial charge in [-0.05, 0) is 23.6 Å². The first kappa shape index (κ1) is 21.4. The Hall–Kier alpha value is -3.87. The van der Waals surface area contributed by atoms with Crippen LogP contribution in [0.1, 0.15) is 40.0 Å². The zero-order valence-corrected chi connectivity index (χ0v) is 17.8. The highest BCUT2D eigenvalue weighted by atomic mass is 16.5. The van der Waals surface area contributed by atoms with Crippen molar-refractivity contribution in [2.75, 3.05) is 7.11 Å². The lowest BCUT2D eigenvalue weighted by atomic mass is 9.91. The largest absolute Gasteiger partial charge is 0.503 e. The van der Waals surface area contributed by atoms with Crippen molar-refractivity contribution in [2.45, 2.75) is 31.4 Å². The predicted octanol–water partition coefficient (Wildman–Crippen LogP) is 3.21. The van der Waals surface area contributed by atoms with E-state index in [0.29, 0.717) is 6.42 Å². The van der Waals surface area contributed by atoms with Gasteiger partial charge in [0.15, 0.2) is 17.2 Å². The summed E-state index contributed by atoms with van der Waals surface area (Å²) in [5, 5.41) is 12.7. The van der Waals surface area contributed by atoms with E-state index in [1.807, 2.05) is 48.5 Å². The Labute approximate surface area is 186 Å². The summed E-state index contributed by atoms with van der Waals surface area (Å²) in [6, 6.07) is 18.5. The van der Waals surface area contributed by atoms with Crippen LogP contribution in [0, 0.1) is 0 Å². The van der Waals surface area contributed by atoms with Gasteiger partial charge in [-0.3, -0.25) is 4.79 Å². The number of amides is 1. The number of aromatic hydroxyl groups is 1. The number of esters is 1. The lowest BCUT2D eigenvalue weighted by Gasteiger charge is -2.23. The van der Waals surface area contributed by atoms with Gasteiger partial charge in [0.1, 0.15) is 12.1 Å². The molecule has 164 valence electrons. The maximum Gasteiger partial charge on any atom is 0.328 e. The zero-order chi connectivity index (χ0) is 22.7. The van der Waals surface area contributed by atoms with Crippen LogP contribution < -0.4 is 10.1 Å². The summed E-state index contributed by atoms with van der Waals surface area (Å²) < 4.78 is 10.9. The van der Waals surface area contributed by atoms with E-state index in [2.05, 4.69) is 16.4 Å². The minimum Gasteiger partial charge on any atom is -0.503 e. The minimum absolute atomic E-state index is 0.0802. The van der Waals surface area contributed by atoms with E-state index in [1.54, 1.807) is 0 Å². The lowest BCUT2D eigenvalue weighted by molar-refractivity contribution is -0.151. The van der Waals surface area contributed by atoms with Crippen molar-refractivity contribution in [2.24, 2.45) is 0 Å². The SMILES string of the molecule is COc1ccnc(C(=O)N[C@@H](C)C(=O)OC2Cc3ccccc3C2c2ccccc2)c1O. The minimum atomic E-state index is -0.935. The number of hydrogen-bond donors (Lipinski definition) is 2. The second-order valence-electron chi connectivity index (χ2n) is 7.67. The van der Waals surface area contributed by atoms with E-state index in [4.69, 9.17) is 9.47 Å². The van der Waals surface area contributed by atoms with Crippen LogP contribution in [0.15, 0.2) is 66.9 Å². The van der Waals surface area contributed by atoms with E-state index < -0.39 is 17.9 Å². The summed E-state index contributed by atoms with van der Waals surface area (Å²) in [7, 11) is 1.37. The highest BCUT2D eigenvalue weighted by molar-refractivity contribution is 5.97. The molecule has 2 aromatic carbocycles. The Morgan fingerprint density at radius 3 is 2.56 bits per heavy atom. The van der Waals surface area contributed by atoms with Crippen LogP contribution >= 0.6 is 0 Å². The van der Waals surface area contributed by atoms with Crippen LogP contribution in [-0.2, 0) is 16.0 Å². The Morgan fingerprint density at radius 2 is 1.81 bits per heavy atom. The number of benzene rings is 2. The number of fused-ring (bicyclic) bond motifs is 1. The van der Waals surface area contributed by atoms with Gasteiger partial charge in [-0.2, -0.15) is 0 Å². The highest BCUT2D eigenvalue weighted by Gasteiger charge is 2.37. The van der Waals surface area contributed by atoms with Crippen molar-refractivity contribution in [3.05, 3.63) is 89.2 Å². The third-order valence-corrected chi connectivity index (χ3v) is 5.63. The Kier molecular flexibility index (Phi) is 6.07. The molecule has 1 aromatic heterocycles. The molecule has 3 atom stereocenters. The molecule has 2 unspecified atom stereocenters. The molecule has 0 saturated carbocycles. The maximum atomic E-state index is 12.9. The van der Waals surface area contributed by atoms with Crippen LogP contribution in [0.2, 0.25) is 0 Å². The van der Waals surface area contributed by atoms with Gasteiger partial charge in [0, 0.05) is 24.6 Å². The number of rotatable bonds is 6. The first-order chi connectivity index (χ1) is 15.5. The van der Waals surface area contributed by atoms with Gasteiger partial charge in [-0.15, -0.1) is 0 Å². The standard InChI is InChI=1S/C25H24N2O5/c1-15(27-24(29)22-23(28)19(31-2)12-13-26-22)25(30)32-20-14-17-10-6-7-11-18(17)21(20)16-8-4-3-5-9-16/h3-13,15,20-21,28H,14H2,1-2H3,(H,27,29)/t15-,20?,21?/m0/s1. The molecular weight excluding hydrogens is 408 g/mol. The van der Waals surface area contributed by atoms with Crippen molar-refractivity contribution in [1.82, 2.24) is 10.3 Å². The molecule has 0 radical (unpaired) electrons. The van der Waals surface area contributed by atoms with E-state index in [1.165, 1.54) is 26.3 Å². The molecule has 1 aliphatic carbocycles. The molecular formula is C25H24N2O5. The summed E-state index contributed by atoms with van der Waals surface area (Å²) in [6.45, 7) is 1.54. The molecule has 7 heteroatoms. The van der Waals surface area contributed by atoms with Crippen LogP contribution in [-0.4, -0.2) is 41.2 Å². The fourth-order valence-corrected chi connectivity index (χ4v) is 4.06. The van der Waals surface area contributed by atoms with Crippen LogP contribution in [0.3, 0.4) is 0 Å². The average Bonchev–Trinajstić information content (AvgIpc) is 3.17. The molecule has 7 nitrogen and oxygen atoms in total. The predicted molar refractivity (Wildman–Crippen MR) is 118 cm³/mol. The fourth-order valence-electron chi connectivity index (χ4n) is 4.06. The number of carbonyl (C=O) groups is 2. The van der Waals surface area contributed by atoms with Gasteiger partial charge in [0.05, 0.1) is 7.11 Å². The maximum absolute atomic E-state index is 12.9. The number of nitrogens with zero attached hydrogens (tertiary/aromatic N) is 1. The van der Waals surface area contributed by atoms with E-state index in [0.717, 1.165) is 16.7 Å². The highest BCUT2D eigenvalue weighted by Crippen LogP contribution is 2.40. The second-order valence-corrected chi connectivity index (χ2v) is 7.67.